The molecule has 0 saturated carbocycles. The highest BCUT2D eigenvalue weighted by molar-refractivity contribution is 7.84. The Morgan fingerprint density at radius 3 is 2.63 bits per heavy atom. The van der Waals surface area contributed by atoms with Crippen molar-refractivity contribution in [1.82, 2.24) is 5.32 Å². The van der Waals surface area contributed by atoms with Crippen LogP contribution in [0.2, 0.25) is 0 Å². The molecule has 0 aliphatic heterocycles. The molecule has 0 aromatic heterocycles. The smallest absolute Gasteiger partial charge is 0.0329 e. The molecule has 0 aliphatic carbocycles. The fourth-order valence-corrected chi connectivity index (χ4v) is 2.50. The van der Waals surface area contributed by atoms with Gasteiger partial charge in [0, 0.05) is 28.9 Å². The molecule has 1 N–H and O–H groups in total. The van der Waals surface area contributed by atoms with Crippen molar-refractivity contribution in [3.63, 3.8) is 0 Å². The summed E-state index contributed by atoms with van der Waals surface area (Å²) >= 11 is 0. The first-order valence-corrected chi connectivity index (χ1v) is 8.29. The fourth-order valence-electron chi connectivity index (χ4n) is 2.05. The monoisotopic (exact) mass is 275 g/mol. The van der Waals surface area contributed by atoms with Crippen LogP contribution in [-0.4, -0.2) is 22.3 Å². The van der Waals surface area contributed by atoms with Crippen LogP contribution < -0.4 is 5.32 Å². The summed E-state index contributed by atoms with van der Waals surface area (Å²) in [5, 5.41) is 6.25. The predicted molar refractivity (Wildman–Crippen MR) is 83.8 cm³/mol. The quantitative estimate of drug-likeness (QED) is 0.821. The lowest BCUT2D eigenvalue weighted by Crippen LogP contribution is -2.20. The summed E-state index contributed by atoms with van der Waals surface area (Å²) in [4.78, 5) is 0. The van der Waals surface area contributed by atoms with Crippen molar-refractivity contribution in [3.05, 3.63) is 48.0 Å². The fraction of sp³-hybridized carbons (Fsp3) is 0.375. The molecule has 0 spiro atoms. The largest absolute Gasteiger partial charge is 0.313 e. The first-order chi connectivity index (χ1) is 9.16. The molecule has 0 amide bonds. The molecule has 0 heterocycles. The summed E-state index contributed by atoms with van der Waals surface area (Å²) in [7, 11) is -0.717. The maximum absolute atomic E-state index is 11.2. The van der Waals surface area contributed by atoms with E-state index in [0.29, 0.717) is 0 Å². The topological polar surface area (TPSA) is 29.1 Å². The maximum Gasteiger partial charge on any atom is 0.0329 e. The van der Waals surface area contributed by atoms with Gasteiger partial charge >= 0.3 is 0 Å². The van der Waals surface area contributed by atoms with Gasteiger partial charge in [-0.1, -0.05) is 43.3 Å². The zero-order chi connectivity index (χ0) is 13.7. The minimum atomic E-state index is -0.717. The third-order valence-corrected chi connectivity index (χ3v) is 4.81. The molecule has 0 saturated heterocycles. The zero-order valence-corrected chi connectivity index (χ0v) is 12.4. The van der Waals surface area contributed by atoms with E-state index in [1.54, 1.807) is 6.26 Å². The number of hydrogen-bond acceptors (Lipinski definition) is 2. The van der Waals surface area contributed by atoms with Gasteiger partial charge in [0.15, 0.2) is 0 Å². The molecule has 2 atom stereocenters. The molecule has 2 aromatic rings. The van der Waals surface area contributed by atoms with Crippen molar-refractivity contribution in [2.45, 2.75) is 25.1 Å². The number of hydrogen-bond donors (Lipinski definition) is 1. The lowest BCUT2D eigenvalue weighted by molar-refractivity contribution is 0.629. The minimum absolute atomic E-state index is 0.268. The Kier molecular flexibility index (Phi) is 5.11. The van der Waals surface area contributed by atoms with Crippen LogP contribution in [0.3, 0.4) is 0 Å². The van der Waals surface area contributed by atoms with Crippen molar-refractivity contribution in [2.24, 2.45) is 0 Å². The highest BCUT2D eigenvalue weighted by Gasteiger charge is 2.04. The second-order valence-electron chi connectivity index (χ2n) is 4.96. The van der Waals surface area contributed by atoms with Gasteiger partial charge in [0.05, 0.1) is 0 Å². The van der Waals surface area contributed by atoms with Crippen LogP contribution >= 0.6 is 0 Å². The van der Waals surface area contributed by atoms with Crippen LogP contribution in [-0.2, 0) is 17.3 Å². The molecule has 3 heteroatoms. The van der Waals surface area contributed by atoms with Gasteiger partial charge in [-0.3, -0.25) is 4.21 Å². The van der Waals surface area contributed by atoms with E-state index in [1.807, 2.05) is 6.92 Å². The number of rotatable bonds is 6. The van der Waals surface area contributed by atoms with Crippen LogP contribution in [0.4, 0.5) is 0 Å². The average Bonchev–Trinajstić information content (AvgIpc) is 2.43. The van der Waals surface area contributed by atoms with Crippen LogP contribution in [0.5, 0.6) is 0 Å². The molecule has 2 aromatic carbocycles. The Hall–Kier alpha value is -1.19. The van der Waals surface area contributed by atoms with Gasteiger partial charge in [-0.25, -0.2) is 0 Å². The Bertz CT molecular complexity index is 567. The van der Waals surface area contributed by atoms with Crippen molar-refractivity contribution in [3.8, 4) is 0 Å². The predicted octanol–water partition coefficient (Wildman–Crippen LogP) is 3.09. The van der Waals surface area contributed by atoms with Crippen LogP contribution in [0.1, 0.15) is 18.9 Å². The third kappa shape index (κ3) is 4.15. The number of benzene rings is 2. The van der Waals surface area contributed by atoms with Crippen molar-refractivity contribution in [2.75, 3.05) is 12.8 Å². The van der Waals surface area contributed by atoms with Crippen LogP contribution in [0.25, 0.3) is 10.8 Å². The highest BCUT2D eigenvalue weighted by atomic mass is 32.2. The van der Waals surface area contributed by atoms with Gasteiger partial charge in [0.2, 0.25) is 0 Å². The van der Waals surface area contributed by atoms with E-state index in [4.69, 9.17) is 0 Å². The Morgan fingerprint density at radius 1 is 1.16 bits per heavy atom. The van der Waals surface area contributed by atoms with E-state index < -0.39 is 10.8 Å². The molecule has 19 heavy (non-hydrogen) atoms. The summed E-state index contributed by atoms with van der Waals surface area (Å²) in [6.07, 6.45) is 2.73. The summed E-state index contributed by atoms with van der Waals surface area (Å²) in [5.41, 5.74) is 1.30. The molecule has 0 aliphatic rings. The van der Waals surface area contributed by atoms with Gasteiger partial charge in [-0.05, 0) is 35.4 Å². The minimum Gasteiger partial charge on any atom is -0.313 e. The second-order valence-corrected chi connectivity index (χ2v) is 6.76. The van der Waals surface area contributed by atoms with E-state index in [-0.39, 0.29) is 5.25 Å². The van der Waals surface area contributed by atoms with E-state index in [1.165, 1.54) is 16.3 Å². The normalized spacial score (nSPS) is 14.4. The molecule has 2 rings (SSSR count). The summed E-state index contributed by atoms with van der Waals surface area (Å²) in [6, 6.07) is 15.0. The molecule has 2 unspecified atom stereocenters. The molecular weight excluding hydrogens is 254 g/mol. The molecular formula is C16H21NOS. The van der Waals surface area contributed by atoms with Crippen molar-refractivity contribution >= 4 is 21.6 Å². The molecule has 102 valence electrons. The second kappa shape index (κ2) is 6.83. The van der Waals surface area contributed by atoms with Crippen LogP contribution in [0, 0.1) is 0 Å². The standard InChI is InChI=1S/C16H21NOS/c1-13(19(2)18)9-10-17-12-14-7-8-15-5-3-4-6-16(15)11-14/h3-8,11,13,17H,9-10,12H2,1-2H3. The molecule has 2 nitrogen and oxygen atoms in total. The Balaban J connectivity index is 1.86. The van der Waals surface area contributed by atoms with Gasteiger partial charge < -0.3 is 5.32 Å². The van der Waals surface area contributed by atoms with Gasteiger partial charge in [0.1, 0.15) is 0 Å². The highest BCUT2D eigenvalue weighted by Crippen LogP contribution is 2.15. The summed E-state index contributed by atoms with van der Waals surface area (Å²) in [6.45, 7) is 3.81. The molecule has 0 fully saturated rings. The van der Waals surface area contributed by atoms with E-state index >= 15 is 0 Å². The molecule has 0 radical (unpaired) electrons. The first kappa shape index (κ1) is 14.2. The van der Waals surface area contributed by atoms with Gasteiger partial charge in [-0.2, -0.15) is 0 Å². The summed E-state index contributed by atoms with van der Waals surface area (Å²) < 4.78 is 11.2. The first-order valence-electron chi connectivity index (χ1n) is 6.67. The van der Waals surface area contributed by atoms with E-state index in [2.05, 4.69) is 47.8 Å². The van der Waals surface area contributed by atoms with Crippen molar-refractivity contribution in [1.29, 1.82) is 0 Å². The number of fused-ring (bicyclic) bond motifs is 1. The van der Waals surface area contributed by atoms with E-state index in [9.17, 15) is 4.21 Å². The SMILES string of the molecule is CC(CCNCc1ccc2ccccc2c1)S(C)=O. The average molecular weight is 275 g/mol. The van der Waals surface area contributed by atoms with Crippen molar-refractivity contribution < 1.29 is 4.21 Å². The van der Waals surface area contributed by atoms with E-state index in [0.717, 1.165) is 19.5 Å². The Labute approximate surface area is 117 Å². The third-order valence-electron chi connectivity index (χ3n) is 3.44. The Morgan fingerprint density at radius 2 is 1.89 bits per heavy atom. The van der Waals surface area contributed by atoms with Gasteiger partial charge in [0.25, 0.3) is 0 Å². The summed E-state index contributed by atoms with van der Waals surface area (Å²) in [5.74, 6) is 0. The van der Waals surface area contributed by atoms with Gasteiger partial charge in [-0.15, -0.1) is 0 Å². The number of nitrogens with one attached hydrogen (secondary N) is 1. The maximum atomic E-state index is 11.2. The lowest BCUT2D eigenvalue weighted by atomic mass is 10.1. The molecule has 0 bridgehead atoms. The lowest BCUT2D eigenvalue weighted by Gasteiger charge is -2.09. The van der Waals surface area contributed by atoms with Crippen LogP contribution in [0.15, 0.2) is 42.5 Å². The zero-order valence-electron chi connectivity index (χ0n) is 11.6.